The third kappa shape index (κ3) is 4.12. The number of carbonyl (C=O) groups excluding carboxylic acids is 1. The van der Waals surface area contributed by atoms with Crippen LogP contribution in [0.15, 0.2) is 34.1 Å². The van der Waals surface area contributed by atoms with Gasteiger partial charge in [-0.2, -0.15) is 0 Å². The first-order valence-corrected chi connectivity index (χ1v) is 10.6. The molecule has 28 heavy (non-hydrogen) atoms. The Balaban J connectivity index is 2.16. The van der Waals surface area contributed by atoms with E-state index in [1.54, 1.807) is 28.0 Å². The molecule has 0 atom stereocenters. The number of amides is 1. The summed E-state index contributed by atoms with van der Waals surface area (Å²) in [6.07, 6.45) is 1.13. The highest BCUT2D eigenvalue weighted by Gasteiger charge is 2.25. The van der Waals surface area contributed by atoms with E-state index < -0.39 is 0 Å². The van der Waals surface area contributed by atoms with Crippen LogP contribution < -0.4 is 9.47 Å². The Morgan fingerprint density at radius 3 is 1.71 bits per heavy atom. The molecular weight excluding hydrogens is 398 g/mol. The van der Waals surface area contributed by atoms with Crippen LogP contribution in [0, 0.1) is 0 Å². The van der Waals surface area contributed by atoms with Crippen molar-refractivity contribution in [3.63, 3.8) is 0 Å². The second-order valence-electron chi connectivity index (χ2n) is 6.11. The molecule has 1 heterocycles. The minimum atomic E-state index is -0.120. The van der Waals surface area contributed by atoms with Crippen LogP contribution in [0.4, 0.5) is 0 Å². The van der Waals surface area contributed by atoms with Gasteiger partial charge in [0.15, 0.2) is 23.0 Å². The predicted octanol–water partition coefficient (Wildman–Crippen LogP) is 4.56. The molecule has 0 aromatic heterocycles. The first-order chi connectivity index (χ1) is 13.5. The van der Waals surface area contributed by atoms with Gasteiger partial charge in [-0.25, -0.2) is 3.71 Å². The number of hydrogen-bond acceptors (Lipinski definition) is 7. The molecule has 0 saturated heterocycles. The highest BCUT2D eigenvalue weighted by atomic mass is 32.2. The van der Waals surface area contributed by atoms with E-state index in [0.717, 1.165) is 20.9 Å². The molecule has 0 fully saturated rings. The Hall–Kier alpha value is -2.19. The summed E-state index contributed by atoms with van der Waals surface area (Å²) in [7, 11) is 0. The zero-order chi connectivity index (χ0) is 20.3. The van der Waals surface area contributed by atoms with E-state index in [1.165, 1.54) is 30.8 Å². The first-order valence-electron chi connectivity index (χ1n) is 9.08. The molecule has 0 unspecified atom stereocenters. The summed E-state index contributed by atoms with van der Waals surface area (Å²) in [5.74, 6) is 0.892. The van der Waals surface area contributed by atoms with Crippen LogP contribution in [-0.4, -0.2) is 33.0 Å². The highest BCUT2D eigenvalue weighted by Crippen LogP contribution is 2.47. The second-order valence-corrected chi connectivity index (χ2v) is 8.31. The molecule has 0 saturated carbocycles. The van der Waals surface area contributed by atoms with Gasteiger partial charge in [0.1, 0.15) is 0 Å². The third-order valence-corrected chi connectivity index (χ3v) is 6.67. The van der Waals surface area contributed by atoms with Crippen LogP contribution in [0.2, 0.25) is 0 Å². The van der Waals surface area contributed by atoms with Crippen LogP contribution in [0.3, 0.4) is 0 Å². The molecule has 2 N–H and O–H groups in total. The van der Waals surface area contributed by atoms with Gasteiger partial charge >= 0.3 is 0 Å². The zero-order valence-electron chi connectivity index (χ0n) is 16.0. The molecule has 6 nitrogen and oxygen atoms in total. The van der Waals surface area contributed by atoms with Gasteiger partial charge in [-0.05, 0) is 51.0 Å². The maximum absolute atomic E-state index is 12.3. The molecule has 150 valence electrons. The molecule has 3 rings (SSSR count). The smallest absolute Gasteiger partial charge is 0.240 e. The van der Waals surface area contributed by atoms with Crippen molar-refractivity contribution in [2.45, 2.75) is 43.4 Å². The molecular formula is C20H23NO5S2. The summed E-state index contributed by atoms with van der Waals surface area (Å²) in [5.41, 5.74) is 1.66. The summed E-state index contributed by atoms with van der Waals surface area (Å²) in [6.45, 7) is 6.06. The lowest BCUT2D eigenvalue weighted by Gasteiger charge is -2.20. The van der Waals surface area contributed by atoms with E-state index in [4.69, 9.17) is 9.47 Å². The van der Waals surface area contributed by atoms with Gasteiger partial charge in [-0.15, -0.1) is 0 Å². The van der Waals surface area contributed by atoms with Crippen molar-refractivity contribution in [3.05, 3.63) is 35.4 Å². The van der Waals surface area contributed by atoms with Crippen LogP contribution in [0.25, 0.3) is 0 Å². The van der Waals surface area contributed by atoms with E-state index >= 15 is 0 Å². The number of carbonyl (C=O) groups is 1. The maximum Gasteiger partial charge on any atom is 0.240 e. The molecule has 0 spiro atoms. The number of phenolic OH excluding ortho intramolecular Hbond substituents is 2. The number of ether oxygens (including phenoxy) is 2. The Bertz CT molecular complexity index is 822. The topological polar surface area (TPSA) is 79.2 Å². The van der Waals surface area contributed by atoms with Crippen molar-refractivity contribution in [2.24, 2.45) is 0 Å². The van der Waals surface area contributed by atoms with E-state index in [1.807, 2.05) is 13.8 Å². The highest BCUT2D eigenvalue weighted by molar-refractivity contribution is 8.12. The van der Waals surface area contributed by atoms with Gasteiger partial charge in [0.2, 0.25) is 5.91 Å². The number of fused-ring (bicyclic) bond motifs is 2. The largest absolute Gasteiger partial charge is 0.504 e. The zero-order valence-corrected chi connectivity index (χ0v) is 17.7. The quantitative estimate of drug-likeness (QED) is 0.701. The molecule has 1 aliphatic rings. The fourth-order valence-electron chi connectivity index (χ4n) is 3.03. The number of nitrogens with zero attached hydrogens (tertiary/aromatic N) is 1. The average molecular weight is 422 g/mol. The fourth-order valence-corrected chi connectivity index (χ4v) is 5.14. The molecule has 1 amide bonds. The van der Waals surface area contributed by atoms with E-state index in [2.05, 4.69) is 0 Å². The monoisotopic (exact) mass is 421 g/mol. The predicted molar refractivity (Wildman–Crippen MR) is 110 cm³/mol. The standard InChI is InChI=1S/C20H23NO5S2/c1-4-25-19-13-6-7-14-18(11-9-16(24)20(14)26-5-2)28-21(12(3)22)27-17(13)10-8-15(19)23/h8-11,23-24H,4-7H2,1-3H3. The number of rotatable bonds is 4. The normalized spacial score (nSPS) is 13.6. The third-order valence-electron chi connectivity index (χ3n) is 4.22. The Morgan fingerprint density at radius 1 is 0.929 bits per heavy atom. The van der Waals surface area contributed by atoms with Gasteiger partial charge in [0, 0.05) is 51.7 Å². The molecule has 8 heteroatoms. The lowest BCUT2D eigenvalue weighted by atomic mass is 10.0. The number of hydrogen-bond donors (Lipinski definition) is 2. The second kappa shape index (κ2) is 8.87. The summed E-state index contributed by atoms with van der Waals surface area (Å²) >= 11 is 2.60. The molecule has 0 bridgehead atoms. The molecule has 0 radical (unpaired) electrons. The number of benzene rings is 2. The summed E-state index contributed by atoms with van der Waals surface area (Å²) < 4.78 is 13.0. The molecule has 1 aliphatic heterocycles. The Labute approximate surface area is 173 Å². The van der Waals surface area contributed by atoms with Crippen molar-refractivity contribution >= 4 is 29.8 Å². The Kier molecular flexibility index (Phi) is 6.51. The van der Waals surface area contributed by atoms with E-state index in [9.17, 15) is 15.0 Å². The number of phenols is 2. The van der Waals surface area contributed by atoms with Gasteiger partial charge in [-0.3, -0.25) is 4.79 Å². The lowest BCUT2D eigenvalue weighted by Crippen LogP contribution is -2.13. The van der Waals surface area contributed by atoms with Crippen molar-refractivity contribution < 1.29 is 24.5 Å². The average Bonchev–Trinajstić information content (AvgIpc) is 2.74. The summed E-state index contributed by atoms with van der Waals surface area (Å²) in [6, 6.07) is 6.77. The summed E-state index contributed by atoms with van der Waals surface area (Å²) in [5, 5.41) is 20.6. The van der Waals surface area contributed by atoms with Crippen LogP contribution in [0.1, 0.15) is 31.9 Å². The maximum atomic E-state index is 12.3. The van der Waals surface area contributed by atoms with E-state index in [-0.39, 0.29) is 17.4 Å². The van der Waals surface area contributed by atoms with Crippen molar-refractivity contribution in [2.75, 3.05) is 13.2 Å². The van der Waals surface area contributed by atoms with Gasteiger partial charge < -0.3 is 19.7 Å². The Morgan fingerprint density at radius 2 is 1.36 bits per heavy atom. The molecule has 0 aliphatic carbocycles. The summed E-state index contributed by atoms with van der Waals surface area (Å²) in [4.78, 5) is 14.0. The SMILES string of the molecule is CCOc1c(O)ccc2c1CCc1c(ccc(O)c1OCC)SN(C(C)=O)S2. The van der Waals surface area contributed by atoms with Crippen LogP contribution >= 0.6 is 23.9 Å². The van der Waals surface area contributed by atoms with Crippen LogP contribution in [-0.2, 0) is 17.6 Å². The van der Waals surface area contributed by atoms with Crippen molar-refractivity contribution in [1.29, 1.82) is 0 Å². The van der Waals surface area contributed by atoms with Gasteiger partial charge in [0.25, 0.3) is 0 Å². The molecule has 2 aromatic rings. The molecule has 2 aromatic carbocycles. The van der Waals surface area contributed by atoms with Gasteiger partial charge in [0.05, 0.1) is 13.2 Å². The lowest BCUT2D eigenvalue weighted by molar-refractivity contribution is -0.120. The van der Waals surface area contributed by atoms with E-state index in [0.29, 0.717) is 37.6 Å². The fraction of sp³-hybridized carbons (Fsp3) is 0.350. The van der Waals surface area contributed by atoms with Crippen LogP contribution in [0.5, 0.6) is 23.0 Å². The minimum Gasteiger partial charge on any atom is -0.504 e. The van der Waals surface area contributed by atoms with Crippen molar-refractivity contribution in [3.8, 4) is 23.0 Å². The minimum absolute atomic E-state index is 0.0728. The van der Waals surface area contributed by atoms with Gasteiger partial charge in [-0.1, -0.05) is 0 Å². The first kappa shape index (κ1) is 20.5. The number of aromatic hydroxyl groups is 2. The van der Waals surface area contributed by atoms with Crippen molar-refractivity contribution in [1.82, 2.24) is 3.71 Å².